The summed E-state index contributed by atoms with van der Waals surface area (Å²) in [5, 5.41) is 5.71. The Balaban J connectivity index is 1.19. The Morgan fingerprint density at radius 2 is 0.947 bits per heavy atom. The van der Waals surface area contributed by atoms with Crippen molar-refractivity contribution in [2.45, 2.75) is 0 Å². The predicted molar refractivity (Wildman–Crippen MR) is 232 cm³/mol. The van der Waals surface area contributed by atoms with Gasteiger partial charge in [-0.1, -0.05) is 133 Å². The van der Waals surface area contributed by atoms with E-state index >= 15 is 0 Å². The van der Waals surface area contributed by atoms with Gasteiger partial charge >= 0.3 is 0 Å². The van der Waals surface area contributed by atoms with E-state index in [0.29, 0.717) is 45.3 Å². The van der Waals surface area contributed by atoms with Crippen LogP contribution in [0.25, 0.3) is 111 Å². The zero-order valence-electron chi connectivity index (χ0n) is 35.2. The fourth-order valence-corrected chi connectivity index (χ4v) is 8.46. The number of aromatic nitrogens is 5. The fraction of sp³-hybridized carbons (Fsp3) is 0. The smallest absolute Gasteiger partial charge is 0.238 e. The SMILES string of the molecule is [2H]c1c([2H])c([2H])c(-c2cc(-c3nc(-c4ccccc4-n4c5ccccc5c5ccccc54)nc(-n4c5ccccc5c5ccccc54)n3)cc3oc4ccccc4c23)c([2H])c1[2H]. The molecule has 6 nitrogen and oxygen atoms in total. The molecule has 0 N–H and O–H groups in total. The minimum absolute atomic E-state index is 0.0583. The van der Waals surface area contributed by atoms with Crippen LogP contribution in [0.1, 0.15) is 6.85 Å². The molecule has 0 aliphatic heterocycles. The lowest BCUT2D eigenvalue weighted by Crippen LogP contribution is -2.08. The van der Waals surface area contributed by atoms with Crippen molar-refractivity contribution < 1.29 is 11.3 Å². The first-order valence-corrected chi connectivity index (χ1v) is 18.7. The molecule has 0 aliphatic rings. The lowest BCUT2D eigenvalue weighted by Gasteiger charge is -2.15. The highest BCUT2D eigenvalue weighted by molar-refractivity contribution is 6.14. The van der Waals surface area contributed by atoms with Crippen LogP contribution in [-0.4, -0.2) is 24.1 Å². The van der Waals surface area contributed by atoms with E-state index in [1.807, 2.05) is 91.0 Å². The van der Waals surface area contributed by atoms with Gasteiger partial charge in [-0.05, 0) is 65.7 Å². The number of hydrogen-bond donors (Lipinski definition) is 0. The van der Waals surface area contributed by atoms with Crippen LogP contribution in [0.15, 0.2) is 192 Å². The number of nitrogens with zero attached hydrogens (tertiary/aromatic N) is 5. The Morgan fingerprint density at radius 1 is 0.421 bits per heavy atom. The van der Waals surface area contributed by atoms with Crippen LogP contribution < -0.4 is 0 Å². The predicted octanol–water partition coefficient (Wildman–Crippen LogP) is 13.0. The third-order valence-corrected chi connectivity index (χ3v) is 10.9. The summed E-state index contributed by atoms with van der Waals surface area (Å²) in [5.74, 6) is 1.10. The lowest BCUT2D eigenvalue weighted by atomic mass is 9.97. The van der Waals surface area contributed by atoms with Crippen LogP contribution in [0, 0.1) is 0 Å². The lowest BCUT2D eigenvalue weighted by molar-refractivity contribution is 0.669. The van der Waals surface area contributed by atoms with Gasteiger partial charge in [-0.25, -0.2) is 4.98 Å². The van der Waals surface area contributed by atoms with E-state index in [0.717, 1.165) is 60.2 Å². The maximum atomic E-state index is 9.07. The Labute approximate surface area is 333 Å². The van der Waals surface area contributed by atoms with Crippen LogP contribution in [0.3, 0.4) is 0 Å². The number of hydrogen-bond acceptors (Lipinski definition) is 4. The van der Waals surface area contributed by atoms with Crippen molar-refractivity contribution >= 4 is 65.6 Å². The minimum Gasteiger partial charge on any atom is -0.456 e. The second-order valence-electron chi connectivity index (χ2n) is 14.0. The molecule has 0 fully saturated rings. The quantitative estimate of drug-likeness (QED) is 0.177. The minimum atomic E-state index is -0.465. The fourth-order valence-electron chi connectivity index (χ4n) is 8.46. The van der Waals surface area contributed by atoms with Gasteiger partial charge in [0, 0.05) is 43.4 Å². The molecule has 0 saturated carbocycles. The summed E-state index contributed by atoms with van der Waals surface area (Å²) in [5.41, 5.74) is 7.58. The third kappa shape index (κ3) is 4.81. The van der Waals surface area contributed by atoms with E-state index < -0.39 is 18.1 Å². The van der Waals surface area contributed by atoms with Gasteiger partial charge in [0.15, 0.2) is 11.6 Å². The van der Waals surface area contributed by atoms with Gasteiger partial charge < -0.3 is 8.98 Å². The molecule has 0 aliphatic carbocycles. The monoisotopic (exact) mass is 734 g/mol. The van der Waals surface area contributed by atoms with E-state index in [4.69, 9.17) is 26.2 Å². The normalized spacial score (nSPS) is 13.1. The summed E-state index contributed by atoms with van der Waals surface area (Å²) in [6, 6.07) is 50.4. The van der Waals surface area contributed by atoms with Crippen molar-refractivity contribution in [1.82, 2.24) is 24.1 Å². The van der Waals surface area contributed by atoms with Gasteiger partial charge in [0.05, 0.1) is 34.6 Å². The van der Waals surface area contributed by atoms with Gasteiger partial charge in [0.1, 0.15) is 11.2 Å². The highest BCUT2D eigenvalue weighted by atomic mass is 16.3. The first kappa shape index (κ1) is 26.9. The van der Waals surface area contributed by atoms with Gasteiger partial charge in [-0.3, -0.25) is 4.57 Å². The Kier molecular flexibility index (Phi) is 5.82. The highest BCUT2D eigenvalue weighted by Crippen LogP contribution is 2.41. The van der Waals surface area contributed by atoms with E-state index in [1.54, 1.807) is 0 Å². The van der Waals surface area contributed by atoms with Crippen molar-refractivity contribution in [2.24, 2.45) is 0 Å². The van der Waals surface area contributed by atoms with Crippen LogP contribution in [0.4, 0.5) is 0 Å². The average Bonchev–Trinajstić information content (AvgIpc) is 3.98. The molecule has 0 atom stereocenters. The van der Waals surface area contributed by atoms with E-state index in [9.17, 15) is 0 Å². The van der Waals surface area contributed by atoms with E-state index in [2.05, 4.69) is 75.9 Å². The second-order valence-corrected chi connectivity index (χ2v) is 14.0. The summed E-state index contributed by atoms with van der Waals surface area (Å²) >= 11 is 0. The van der Waals surface area contributed by atoms with Gasteiger partial charge in [0.25, 0.3) is 0 Å². The second kappa shape index (κ2) is 12.3. The molecular formula is C51H31N5O. The van der Waals surface area contributed by atoms with Crippen molar-refractivity contribution in [3.63, 3.8) is 0 Å². The zero-order valence-corrected chi connectivity index (χ0v) is 30.2. The topological polar surface area (TPSA) is 61.7 Å². The van der Waals surface area contributed by atoms with Crippen LogP contribution in [0.5, 0.6) is 0 Å². The van der Waals surface area contributed by atoms with Crippen LogP contribution >= 0.6 is 0 Å². The molecule has 4 heterocycles. The largest absolute Gasteiger partial charge is 0.456 e. The molecule has 12 aromatic rings. The summed E-state index contributed by atoms with van der Waals surface area (Å²) in [4.78, 5) is 15.8. The molecule has 4 aromatic heterocycles. The molecule has 0 radical (unpaired) electrons. The highest BCUT2D eigenvalue weighted by Gasteiger charge is 2.22. The first-order chi connectivity index (χ1) is 30.4. The summed E-state index contributed by atoms with van der Waals surface area (Å²) in [6.45, 7) is 0. The number of para-hydroxylation sites is 6. The maximum absolute atomic E-state index is 9.07. The Hall–Kier alpha value is -7.83. The molecule has 8 aromatic carbocycles. The third-order valence-electron chi connectivity index (χ3n) is 10.9. The Bertz CT molecular complexity index is 3710. The van der Waals surface area contributed by atoms with Crippen molar-refractivity contribution in [3.05, 3.63) is 188 Å². The molecule has 12 rings (SSSR count). The number of benzene rings is 8. The molecule has 0 bridgehead atoms. The molecule has 0 amide bonds. The summed E-state index contributed by atoms with van der Waals surface area (Å²) in [7, 11) is 0. The number of rotatable bonds is 5. The summed E-state index contributed by atoms with van der Waals surface area (Å²) < 4.78 is 54.5. The summed E-state index contributed by atoms with van der Waals surface area (Å²) in [6.07, 6.45) is 0. The van der Waals surface area contributed by atoms with E-state index in [-0.39, 0.29) is 17.6 Å². The Morgan fingerprint density at radius 3 is 1.60 bits per heavy atom. The number of furan rings is 1. The maximum Gasteiger partial charge on any atom is 0.238 e. The molecule has 266 valence electrons. The number of fused-ring (bicyclic) bond motifs is 9. The molecule has 0 saturated heterocycles. The van der Waals surface area contributed by atoms with Gasteiger partial charge in [-0.2, -0.15) is 9.97 Å². The van der Waals surface area contributed by atoms with Crippen molar-refractivity contribution in [1.29, 1.82) is 0 Å². The van der Waals surface area contributed by atoms with Gasteiger partial charge in [0.2, 0.25) is 5.95 Å². The standard InChI is InChI=1S/C51H31N5O/c1-2-16-32(17-3-1)40-30-33(31-47-48(40)39-23-9-15-29-46(39)57-47)49-52-50(54-51(53-49)56-43-26-12-6-20-36(43)37-21-7-13-27-44(37)56)38-22-8-14-28-45(38)55-41-24-10-4-18-34(41)35-19-5-11-25-42(35)55/h1-31H/i1D,2D,3D,16D,17D. The van der Waals surface area contributed by atoms with E-state index in [1.165, 1.54) is 0 Å². The van der Waals surface area contributed by atoms with Crippen molar-refractivity contribution in [3.8, 4) is 45.5 Å². The molecule has 57 heavy (non-hydrogen) atoms. The average molecular weight is 735 g/mol. The molecule has 0 unspecified atom stereocenters. The molecular weight excluding hydrogens is 699 g/mol. The van der Waals surface area contributed by atoms with Crippen LogP contribution in [-0.2, 0) is 0 Å². The van der Waals surface area contributed by atoms with Gasteiger partial charge in [-0.15, -0.1) is 0 Å². The zero-order chi connectivity index (χ0) is 41.8. The first-order valence-electron chi connectivity index (χ1n) is 21.2. The molecule has 0 spiro atoms. The van der Waals surface area contributed by atoms with Crippen LogP contribution in [0.2, 0.25) is 0 Å². The molecule has 6 heteroatoms. The van der Waals surface area contributed by atoms with Crippen molar-refractivity contribution in [2.75, 3.05) is 0 Å².